The molecule has 2 aromatic carbocycles. The minimum Gasteiger partial charge on any atom is -0.507 e. The normalized spacial score (nSPS) is 10.8. The topological polar surface area (TPSA) is 59.3 Å². The first-order valence-electron chi connectivity index (χ1n) is 6.95. The van der Waals surface area contributed by atoms with Crippen LogP contribution in [0.15, 0.2) is 53.3 Å². The molecule has 4 nitrogen and oxygen atoms in total. The van der Waals surface area contributed by atoms with E-state index in [-0.39, 0.29) is 11.3 Å². The van der Waals surface area contributed by atoms with E-state index in [0.29, 0.717) is 11.4 Å². The van der Waals surface area contributed by atoms with E-state index < -0.39 is 11.3 Å². The monoisotopic (exact) mass is 293 g/mol. The maximum atomic E-state index is 12.6. The molecule has 3 rings (SSSR count). The van der Waals surface area contributed by atoms with Gasteiger partial charge in [0.25, 0.3) is 5.56 Å². The molecule has 1 heterocycles. The highest BCUT2D eigenvalue weighted by atomic mass is 16.3. The van der Waals surface area contributed by atoms with Crippen molar-refractivity contribution >= 4 is 16.6 Å². The van der Waals surface area contributed by atoms with Crippen LogP contribution in [-0.2, 0) is 0 Å². The number of carbonyl (C=O) groups is 1. The Morgan fingerprint density at radius 3 is 2.41 bits per heavy atom. The van der Waals surface area contributed by atoms with Crippen molar-refractivity contribution < 1.29 is 9.90 Å². The lowest BCUT2D eigenvalue weighted by Crippen LogP contribution is -2.26. The standard InChI is InChI=1S/C18H15NO3/c1-11-9-16(21)17(12(2)20)18(22)19(11)15-8-7-13-5-3-4-6-14(13)10-15/h3-10,21H,1-2H3. The molecule has 110 valence electrons. The number of aryl methyl sites for hydroxylation is 1. The highest BCUT2D eigenvalue weighted by Crippen LogP contribution is 2.21. The number of Topliss-reactive ketones (excluding diaryl/α,β-unsaturated/α-hetero) is 1. The number of hydrogen-bond donors (Lipinski definition) is 1. The fourth-order valence-electron chi connectivity index (χ4n) is 2.68. The fraction of sp³-hybridized carbons (Fsp3) is 0.111. The van der Waals surface area contributed by atoms with Crippen molar-refractivity contribution in [3.8, 4) is 11.4 Å². The van der Waals surface area contributed by atoms with Gasteiger partial charge in [-0.05, 0) is 36.8 Å². The molecule has 0 bridgehead atoms. The molecule has 1 N–H and O–H groups in total. The maximum absolute atomic E-state index is 12.6. The van der Waals surface area contributed by atoms with Gasteiger partial charge in [-0.1, -0.05) is 30.3 Å². The summed E-state index contributed by atoms with van der Waals surface area (Å²) in [5.74, 6) is -0.718. The Morgan fingerprint density at radius 1 is 1.05 bits per heavy atom. The second kappa shape index (κ2) is 5.15. The van der Waals surface area contributed by atoms with Crippen molar-refractivity contribution in [2.24, 2.45) is 0 Å². The average Bonchev–Trinajstić information content (AvgIpc) is 2.46. The molecule has 0 atom stereocenters. The van der Waals surface area contributed by atoms with Crippen LogP contribution < -0.4 is 5.56 Å². The van der Waals surface area contributed by atoms with Crippen molar-refractivity contribution in [3.63, 3.8) is 0 Å². The number of ketones is 1. The summed E-state index contributed by atoms with van der Waals surface area (Å²) in [6.07, 6.45) is 0. The number of aromatic hydroxyl groups is 1. The van der Waals surface area contributed by atoms with Crippen LogP contribution in [0.2, 0.25) is 0 Å². The van der Waals surface area contributed by atoms with Crippen LogP contribution in [0, 0.1) is 6.92 Å². The van der Waals surface area contributed by atoms with Gasteiger partial charge < -0.3 is 5.11 Å². The van der Waals surface area contributed by atoms with Crippen LogP contribution in [0.25, 0.3) is 16.5 Å². The number of rotatable bonds is 2. The largest absolute Gasteiger partial charge is 0.507 e. The Bertz CT molecular complexity index is 954. The summed E-state index contributed by atoms with van der Waals surface area (Å²) in [5, 5.41) is 11.9. The van der Waals surface area contributed by atoms with E-state index >= 15 is 0 Å². The Labute approximate surface area is 127 Å². The van der Waals surface area contributed by atoms with E-state index in [1.54, 1.807) is 6.92 Å². The minimum absolute atomic E-state index is 0.182. The number of hydrogen-bond acceptors (Lipinski definition) is 3. The Hall–Kier alpha value is -2.88. The van der Waals surface area contributed by atoms with Gasteiger partial charge in [-0.3, -0.25) is 14.2 Å². The quantitative estimate of drug-likeness (QED) is 0.738. The molecular weight excluding hydrogens is 278 g/mol. The van der Waals surface area contributed by atoms with Crippen LogP contribution in [-0.4, -0.2) is 15.5 Å². The Kier molecular flexibility index (Phi) is 3.29. The zero-order valence-electron chi connectivity index (χ0n) is 12.3. The van der Waals surface area contributed by atoms with Gasteiger partial charge in [-0.2, -0.15) is 0 Å². The third-order valence-corrected chi connectivity index (χ3v) is 3.71. The van der Waals surface area contributed by atoms with Crippen LogP contribution in [0.1, 0.15) is 23.0 Å². The van der Waals surface area contributed by atoms with E-state index in [4.69, 9.17) is 0 Å². The molecular formula is C18H15NO3. The van der Waals surface area contributed by atoms with Gasteiger partial charge in [0.05, 0.1) is 0 Å². The van der Waals surface area contributed by atoms with Gasteiger partial charge in [-0.25, -0.2) is 0 Å². The van der Waals surface area contributed by atoms with Gasteiger partial charge in [0.15, 0.2) is 5.78 Å². The van der Waals surface area contributed by atoms with E-state index in [1.165, 1.54) is 17.6 Å². The predicted molar refractivity (Wildman–Crippen MR) is 86.0 cm³/mol. The molecule has 0 aliphatic carbocycles. The molecule has 1 aromatic heterocycles. The van der Waals surface area contributed by atoms with E-state index in [0.717, 1.165) is 10.8 Å². The first kappa shape index (κ1) is 14.1. The van der Waals surface area contributed by atoms with E-state index in [1.807, 2.05) is 42.5 Å². The van der Waals surface area contributed by atoms with Crippen molar-refractivity contribution in [1.29, 1.82) is 0 Å². The Morgan fingerprint density at radius 2 is 1.73 bits per heavy atom. The third-order valence-electron chi connectivity index (χ3n) is 3.71. The van der Waals surface area contributed by atoms with Gasteiger partial charge in [0, 0.05) is 17.4 Å². The number of benzene rings is 2. The van der Waals surface area contributed by atoms with Gasteiger partial charge in [0.2, 0.25) is 0 Å². The first-order valence-corrected chi connectivity index (χ1v) is 6.95. The van der Waals surface area contributed by atoms with Gasteiger partial charge in [-0.15, -0.1) is 0 Å². The second-order valence-corrected chi connectivity index (χ2v) is 5.27. The lowest BCUT2D eigenvalue weighted by atomic mass is 10.1. The summed E-state index contributed by atoms with van der Waals surface area (Å²) in [7, 11) is 0. The van der Waals surface area contributed by atoms with Gasteiger partial charge >= 0.3 is 0 Å². The number of carbonyl (C=O) groups excluding carboxylic acids is 1. The van der Waals surface area contributed by atoms with Crippen molar-refractivity contribution in [2.45, 2.75) is 13.8 Å². The number of nitrogens with zero attached hydrogens (tertiary/aromatic N) is 1. The van der Waals surface area contributed by atoms with Crippen molar-refractivity contribution in [2.75, 3.05) is 0 Å². The molecule has 0 saturated heterocycles. The van der Waals surface area contributed by atoms with E-state index in [2.05, 4.69) is 0 Å². The summed E-state index contributed by atoms with van der Waals surface area (Å²) in [5.41, 5.74) is 0.561. The molecule has 4 heteroatoms. The third kappa shape index (κ3) is 2.19. The van der Waals surface area contributed by atoms with E-state index in [9.17, 15) is 14.7 Å². The Balaban J connectivity index is 2.32. The summed E-state index contributed by atoms with van der Waals surface area (Å²) in [6, 6.07) is 14.9. The number of pyridine rings is 1. The van der Waals surface area contributed by atoms with Crippen LogP contribution in [0.4, 0.5) is 0 Å². The molecule has 0 saturated carbocycles. The maximum Gasteiger partial charge on any atom is 0.269 e. The molecule has 0 aliphatic heterocycles. The molecule has 0 spiro atoms. The second-order valence-electron chi connectivity index (χ2n) is 5.27. The first-order chi connectivity index (χ1) is 10.5. The lowest BCUT2D eigenvalue weighted by Gasteiger charge is -2.13. The highest BCUT2D eigenvalue weighted by molar-refractivity contribution is 5.96. The molecule has 3 aromatic rings. The summed E-state index contributed by atoms with van der Waals surface area (Å²) in [6.45, 7) is 3.00. The summed E-state index contributed by atoms with van der Waals surface area (Å²) < 4.78 is 1.45. The fourth-order valence-corrected chi connectivity index (χ4v) is 2.68. The number of aromatic nitrogens is 1. The summed E-state index contributed by atoms with van der Waals surface area (Å²) in [4.78, 5) is 24.2. The smallest absolute Gasteiger partial charge is 0.269 e. The summed E-state index contributed by atoms with van der Waals surface area (Å²) >= 11 is 0. The average molecular weight is 293 g/mol. The van der Waals surface area contributed by atoms with Crippen LogP contribution >= 0.6 is 0 Å². The highest BCUT2D eigenvalue weighted by Gasteiger charge is 2.17. The molecule has 0 unspecified atom stereocenters. The predicted octanol–water partition coefficient (Wildman–Crippen LogP) is 3.21. The minimum atomic E-state index is -0.500. The molecule has 0 radical (unpaired) electrons. The van der Waals surface area contributed by atoms with Crippen molar-refractivity contribution in [1.82, 2.24) is 4.57 Å². The molecule has 0 aliphatic rings. The zero-order valence-corrected chi connectivity index (χ0v) is 12.3. The lowest BCUT2D eigenvalue weighted by molar-refractivity contribution is 0.101. The number of fused-ring (bicyclic) bond motifs is 1. The van der Waals surface area contributed by atoms with Crippen LogP contribution in [0.3, 0.4) is 0 Å². The molecule has 0 fully saturated rings. The SMILES string of the molecule is CC(=O)c1c(O)cc(C)n(-c2ccc3ccccc3c2)c1=O. The van der Waals surface area contributed by atoms with Crippen LogP contribution in [0.5, 0.6) is 5.75 Å². The van der Waals surface area contributed by atoms with Crippen molar-refractivity contribution in [3.05, 3.63) is 70.1 Å². The molecule has 0 amide bonds. The zero-order chi connectivity index (χ0) is 15.9. The molecule has 22 heavy (non-hydrogen) atoms. The van der Waals surface area contributed by atoms with Gasteiger partial charge in [0.1, 0.15) is 11.3 Å².